The Labute approximate surface area is 136 Å². The van der Waals surface area contributed by atoms with Gasteiger partial charge in [-0.2, -0.15) is 0 Å². The third kappa shape index (κ3) is 4.91. The Balaban J connectivity index is 2.03. The van der Waals surface area contributed by atoms with Gasteiger partial charge in [0.2, 0.25) is 0 Å². The summed E-state index contributed by atoms with van der Waals surface area (Å²) >= 11 is 0. The van der Waals surface area contributed by atoms with Crippen molar-refractivity contribution in [3.8, 4) is 0 Å². The summed E-state index contributed by atoms with van der Waals surface area (Å²) in [5, 5.41) is 10.1. The van der Waals surface area contributed by atoms with Crippen molar-refractivity contribution in [3.05, 3.63) is 71.8 Å². The van der Waals surface area contributed by atoms with Crippen molar-refractivity contribution in [3.63, 3.8) is 0 Å². The van der Waals surface area contributed by atoms with E-state index in [2.05, 4.69) is 0 Å². The second kappa shape index (κ2) is 8.46. The first-order valence-electron chi connectivity index (χ1n) is 7.63. The molecular weight excluding hydrogens is 292 g/mol. The normalized spacial score (nSPS) is 14.7. The van der Waals surface area contributed by atoms with Gasteiger partial charge in [-0.3, -0.25) is 0 Å². The van der Waals surface area contributed by atoms with Gasteiger partial charge in [0.05, 0.1) is 5.56 Å². The summed E-state index contributed by atoms with van der Waals surface area (Å²) in [7, 11) is 1.46. The molecule has 2 aromatic carbocycles. The van der Waals surface area contributed by atoms with E-state index in [9.17, 15) is 9.90 Å². The van der Waals surface area contributed by atoms with E-state index in [1.807, 2.05) is 43.3 Å². The Kier molecular flexibility index (Phi) is 6.32. The second-order valence-corrected chi connectivity index (χ2v) is 5.46. The highest BCUT2D eigenvalue weighted by atomic mass is 16.6. The lowest BCUT2D eigenvalue weighted by atomic mass is 9.93. The number of ether oxygens (including phenoxy) is 2. The maximum Gasteiger partial charge on any atom is 0.338 e. The fraction of sp³-hybridized carbons (Fsp3) is 0.316. The molecule has 23 heavy (non-hydrogen) atoms. The van der Waals surface area contributed by atoms with Crippen molar-refractivity contribution in [2.75, 3.05) is 7.11 Å². The van der Waals surface area contributed by atoms with Crippen molar-refractivity contribution in [1.82, 2.24) is 0 Å². The quantitative estimate of drug-likeness (QED) is 0.629. The minimum Gasteiger partial charge on any atom is -0.459 e. The molecular formula is C19H22O4. The standard InChI is InChI=1S/C19H22O4/c1-14(23-18(20)16-11-7-4-8-12-16)13-17(19(21)22-2)15-9-5-3-6-10-15/h3-12,14,17,19,21H,13H2,1-2H3. The zero-order valence-electron chi connectivity index (χ0n) is 13.4. The van der Waals surface area contributed by atoms with E-state index in [4.69, 9.17) is 9.47 Å². The smallest absolute Gasteiger partial charge is 0.338 e. The SMILES string of the molecule is COC(O)C(CC(C)OC(=O)c1ccccc1)c1ccccc1. The summed E-state index contributed by atoms with van der Waals surface area (Å²) in [6, 6.07) is 18.5. The van der Waals surface area contributed by atoms with Crippen LogP contribution in [0.2, 0.25) is 0 Å². The predicted molar refractivity (Wildman–Crippen MR) is 88.1 cm³/mol. The molecule has 0 saturated carbocycles. The highest BCUT2D eigenvalue weighted by molar-refractivity contribution is 5.89. The van der Waals surface area contributed by atoms with Crippen molar-refractivity contribution in [2.45, 2.75) is 31.7 Å². The van der Waals surface area contributed by atoms with Crippen LogP contribution in [0, 0.1) is 0 Å². The zero-order valence-corrected chi connectivity index (χ0v) is 13.4. The number of aliphatic hydroxyl groups excluding tert-OH is 1. The molecule has 0 amide bonds. The molecule has 0 aromatic heterocycles. The molecule has 0 aliphatic carbocycles. The Hall–Kier alpha value is -2.17. The lowest BCUT2D eigenvalue weighted by Gasteiger charge is -2.25. The molecule has 4 nitrogen and oxygen atoms in total. The molecule has 0 fully saturated rings. The molecule has 0 spiro atoms. The third-order valence-corrected chi connectivity index (χ3v) is 3.72. The highest BCUT2D eigenvalue weighted by Crippen LogP contribution is 2.26. The van der Waals surface area contributed by atoms with Crippen molar-refractivity contribution in [2.24, 2.45) is 0 Å². The maximum atomic E-state index is 12.1. The fourth-order valence-electron chi connectivity index (χ4n) is 2.51. The Bertz CT molecular complexity index is 597. The summed E-state index contributed by atoms with van der Waals surface area (Å²) in [6.07, 6.45) is -0.828. The molecule has 4 heteroatoms. The van der Waals surface area contributed by atoms with Gasteiger partial charge in [0.1, 0.15) is 6.10 Å². The van der Waals surface area contributed by atoms with Gasteiger partial charge in [-0.05, 0) is 31.0 Å². The molecule has 2 aromatic rings. The largest absolute Gasteiger partial charge is 0.459 e. The van der Waals surface area contributed by atoms with Crippen LogP contribution in [-0.2, 0) is 9.47 Å². The van der Waals surface area contributed by atoms with Gasteiger partial charge >= 0.3 is 5.97 Å². The molecule has 1 N–H and O–H groups in total. The van der Waals surface area contributed by atoms with E-state index in [0.29, 0.717) is 12.0 Å². The molecule has 3 atom stereocenters. The number of hydrogen-bond donors (Lipinski definition) is 1. The number of esters is 1. The number of benzene rings is 2. The summed E-state index contributed by atoms with van der Waals surface area (Å²) in [5.41, 5.74) is 1.47. The number of methoxy groups -OCH3 is 1. The second-order valence-electron chi connectivity index (χ2n) is 5.46. The van der Waals surface area contributed by atoms with Gasteiger partial charge in [-0.15, -0.1) is 0 Å². The van der Waals surface area contributed by atoms with Crippen LogP contribution in [0.3, 0.4) is 0 Å². The summed E-state index contributed by atoms with van der Waals surface area (Å²) < 4.78 is 10.5. The van der Waals surface area contributed by atoms with Crippen LogP contribution in [0.15, 0.2) is 60.7 Å². The molecule has 0 aliphatic rings. The van der Waals surface area contributed by atoms with Gasteiger partial charge in [-0.25, -0.2) is 4.79 Å². The van der Waals surface area contributed by atoms with Gasteiger partial charge in [-0.1, -0.05) is 48.5 Å². The zero-order chi connectivity index (χ0) is 16.7. The third-order valence-electron chi connectivity index (χ3n) is 3.72. The lowest BCUT2D eigenvalue weighted by Crippen LogP contribution is -2.26. The minimum atomic E-state index is -0.949. The van der Waals surface area contributed by atoms with Gasteiger partial charge < -0.3 is 14.6 Å². The van der Waals surface area contributed by atoms with Crippen LogP contribution in [-0.4, -0.2) is 30.6 Å². The van der Waals surface area contributed by atoms with E-state index < -0.39 is 6.29 Å². The van der Waals surface area contributed by atoms with Crippen LogP contribution in [0.1, 0.15) is 35.2 Å². The van der Waals surface area contributed by atoms with Crippen LogP contribution in [0.25, 0.3) is 0 Å². The number of aliphatic hydroxyl groups is 1. The number of carbonyl (C=O) groups excluding carboxylic acids is 1. The highest BCUT2D eigenvalue weighted by Gasteiger charge is 2.25. The Morgan fingerprint density at radius 1 is 1.04 bits per heavy atom. The van der Waals surface area contributed by atoms with Crippen molar-refractivity contribution >= 4 is 5.97 Å². The van der Waals surface area contributed by atoms with Crippen LogP contribution < -0.4 is 0 Å². The van der Waals surface area contributed by atoms with E-state index >= 15 is 0 Å². The molecule has 0 bridgehead atoms. The minimum absolute atomic E-state index is 0.264. The summed E-state index contributed by atoms with van der Waals surface area (Å²) in [5.74, 6) is -0.628. The molecule has 2 rings (SSSR count). The van der Waals surface area contributed by atoms with Crippen LogP contribution in [0.4, 0.5) is 0 Å². The average molecular weight is 314 g/mol. The number of rotatable bonds is 7. The topological polar surface area (TPSA) is 55.8 Å². The van der Waals surface area contributed by atoms with Crippen LogP contribution >= 0.6 is 0 Å². The lowest BCUT2D eigenvalue weighted by molar-refractivity contribution is -0.0986. The molecule has 0 aliphatic heterocycles. The van der Waals surface area contributed by atoms with Gasteiger partial charge in [0.15, 0.2) is 6.29 Å². The van der Waals surface area contributed by atoms with Gasteiger partial charge in [0, 0.05) is 13.0 Å². The van der Waals surface area contributed by atoms with Gasteiger partial charge in [0.25, 0.3) is 0 Å². The average Bonchev–Trinajstić information content (AvgIpc) is 2.60. The number of carbonyl (C=O) groups is 1. The van der Waals surface area contributed by atoms with E-state index in [1.54, 1.807) is 24.3 Å². The molecule has 0 saturated heterocycles. The van der Waals surface area contributed by atoms with Crippen LogP contribution in [0.5, 0.6) is 0 Å². The van der Waals surface area contributed by atoms with E-state index in [-0.39, 0.29) is 18.0 Å². The van der Waals surface area contributed by atoms with Crippen molar-refractivity contribution < 1.29 is 19.4 Å². The fourth-order valence-corrected chi connectivity index (χ4v) is 2.51. The molecule has 3 unspecified atom stereocenters. The Morgan fingerprint density at radius 2 is 1.61 bits per heavy atom. The monoisotopic (exact) mass is 314 g/mol. The first kappa shape index (κ1) is 17.2. The molecule has 0 radical (unpaired) electrons. The van der Waals surface area contributed by atoms with Crippen molar-refractivity contribution in [1.29, 1.82) is 0 Å². The first-order valence-corrected chi connectivity index (χ1v) is 7.63. The number of hydrogen-bond acceptors (Lipinski definition) is 4. The first-order chi connectivity index (χ1) is 11.1. The molecule has 122 valence electrons. The molecule has 0 heterocycles. The Morgan fingerprint density at radius 3 is 2.17 bits per heavy atom. The van der Waals surface area contributed by atoms with E-state index in [1.165, 1.54) is 7.11 Å². The summed E-state index contributed by atoms with van der Waals surface area (Å²) in [4.78, 5) is 12.1. The maximum absolute atomic E-state index is 12.1. The van der Waals surface area contributed by atoms with E-state index in [0.717, 1.165) is 5.56 Å². The predicted octanol–water partition coefficient (Wildman–Crippen LogP) is 3.37. The summed E-state index contributed by atoms with van der Waals surface area (Å²) in [6.45, 7) is 1.82.